The highest BCUT2D eigenvalue weighted by atomic mass is 79.9. The molecule has 1 aromatic heterocycles. The molecule has 2 rings (SSSR count). The van der Waals surface area contributed by atoms with Crippen LogP contribution < -0.4 is 5.73 Å². The van der Waals surface area contributed by atoms with Crippen LogP contribution in [0.15, 0.2) is 27.2 Å². The number of nitrogens with two attached hydrogens (primary N) is 1. The first-order chi connectivity index (χ1) is 8.11. The fourth-order valence-electron chi connectivity index (χ4n) is 1.29. The molecule has 17 heavy (non-hydrogen) atoms. The van der Waals surface area contributed by atoms with Gasteiger partial charge in [0.2, 0.25) is 0 Å². The zero-order valence-electron chi connectivity index (χ0n) is 9.15. The second-order valence-corrected chi connectivity index (χ2v) is 4.58. The van der Waals surface area contributed by atoms with Crippen LogP contribution in [0.4, 0.5) is 4.39 Å². The molecule has 0 saturated carbocycles. The molecular weight excluding hydrogens is 289 g/mol. The lowest BCUT2D eigenvalue weighted by Crippen LogP contribution is -2.10. The van der Waals surface area contributed by atoms with E-state index >= 15 is 0 Å². The lowest BCUT2D eigenvalue weighted by Gasteiger charge is -1.99. The van der Waals surface area contributed by atoms with E-state index in [1.807, 2.05) is 6.92 Å². The molecule has 0 amide bonds. The number of hydrogen-bond donors (Lipinski definition) is 1. The van der Waals surface area contributed by atoms with E-state index in [0.717, 1.165) is 0 Å². The normalized spacial score (nSPS) is 12.7. The second-order valence-electron chi connectivity index (χ2n) is 3.72. The van der Waals surface area contributed by atoms with Crippen molar-refractivity contribution in [2.75, 3.05) is 6.54 Å². The molecule has 1 heterocycles. The molecule has 0 bridgehead atoms. The maximum Gasteiger partial charge on any atom is 0.258 e. The highest BCUT2D eigenvalue weighted by molar-refractivity contribution is 9.10. The maximum absolute atomic E-state index is 13.3. The summed E-state index contributed by atoms with van der Waals surface area (Å²) in [6, 6.07) is 4.65. The summed E-state index contributed by atoms with van der Waals surface area (Å²) in [4.78, 5) is 4.18. The lowest BCUT2D eigenvalue weighted by molar-refractivity contribution is 0.417. The Morgan fingerprint density at radius 3 is 2.94 bits per heavy atom. The van der Waals surface area contributed by atoms with Gasteiger partial charge < -0.3 is 10.3 Å². The Morgan fingerprint density at radius 1 is 1.53 bits per heavy atom. The number of nitrogens with zero attached hydrogens (tertiary/aromatic N) is 2. The van der Waals surface area contributed by atoms with Gasteiger partial charge in [0.05, 0.1) is 4.47 Å². The van der Waals surface area contributed by atoms with Crippen LogP contribution in [0.5, 0.6) is 0 Å². The Morgan fingerprint density at radius 2 is 2.29 bits per heavy atom. The van der Waals surface area contributed by atoms with Gasteiger partial charge in [-0.1, -0.05) is 12.1 Å². The van der Waals surface area contributed by atoms with Crippen molar-refractivity contribution in [1.82, 2.24) is 10.1 Å². The van der Waals surface area contributed by atoms with Gasteiger partial charge >= 0.3 is 0 Å². The summed E-state index contributed by atoms with van der Waals surface area (Å²) < 4.78 is 18.8. The Labute approximate surface area is 106 Å². The van der Waals surface area contributed by atoms with Crippen molar-refractivity contribution in [2.24, 2.45) is 5.73 Å². The van der Waals surface area contributed by atoms with E-state index in [1.54, 1.807) is 12.1 Å². The minimum absolute atomic E-state index is 0.0211. The predicted octanol–water partition coefficient (Wildman–Crippen LogP) is 2.70. The standard InChI is InChI=1S/C11H11BrFN3O/c1-6(5-14)10-15-11(17-16-10)7-2-3-8(12)9(13)4-7/h2-4,6H,5,14H2,1H3. The average Bonchev–Trinajstić information content (AvgIpc) is 2.81. The molecule has 0 spiro atoms. The van der Waals surface area contributed by atoms with Crippen LogP contribution in [0.2, 0.25) is 0 Å². The molecule has 0 aliphatic rings. The first kappa shape index (κ1) is 12.2. The number of benzene rings is 1. The van der Waals surface area contributed by atoms with Gasteiger partial charge in [0.15, 0.2) is 5.82 Å². The second kappa shape index (κ2) is 4.93. The molecule has 4 nitrogen and oxygen atoms in total. The van der Waals surface area contributed by atoms with Crippen LogP contribution >= 0.6 is 15.9 Å². The molecule has 6 heteroatoms. The minimum atomic E-state index is -0.367. The van der Waals surface area contributed by atoms with Crippen molar-refractivity contribution >= 4 is 15.9 Å². The topological polar surface area (TPSA) is 64.9 Å². The highest BCUT2D eigenvalue weighted by Crippen LogP contribution is 2.24. The number of hydrogen-bond acceptors (Lipinski definition) is 4. The highest BCUT2D eigenvalue weighted by Gasteiger charge is 2.14. The zero-order valence-corrected chi connectivity index (χ0v) is 10.7. The summed E-state index contributed by atoms with van der Waals surface area (Å²) >= 11 is 3.08. The SMILES string of the molecule is CC(CN)c1noc(-c2ccc(Br)c(F)c2)n1. The Hall–Kier alpha value is -1.27. The Bertz CT molecular complexity index is 529. The maximum atomic E-state index is 13.3. The van der Waals surface area contributed by atoms with Crippen LogP contribution in [0.3, 0.4) is 0 Å². The van der Waals surface area contributed by atoms with E-state index in [-0.39, 0.29) is 11.7 Å². The lowest BCUT2D eigenvalue weighted by atomic mass is 10.2. The van der Waals surface area contributed by atoms with Crippen LogP contribution in [-0.4, -0.2) is 16.7 Å². The first-order valence-electron chi connectivity index (χ1n) is 5.11. The molecule has 0 fully saturated rings. The first-order valence-corrected chi connectivity index (χ1v) is 5.90. The summed E-state index contributed by atoms with van der Waals surface area (Å²) in [6.07, 6.45) is 0. The largest absolute Gasteiger partial charge is 0.334 e. The van der Waals surface area contributed by atoms with E-state index in [4.69, 9.17) is 10.3 Å². The zero-order chi connectivity index (χ0) is 12.4. The van der Waals surface area contributed by atoms with E-state index in [9.17, 15) is 4.39 Å². The number of aromatic nitrogens is 2. The van der Waals surface area contributed by atoms with Gasteiger partial charge in [0, 0.05) is 18.0 Å². The van der Waals surface area contributed by atoms with Gasteiger partial charge in [-0.05, 0) is 34.1 Å². The minimum Gasteiger partial charge on any atom is -0.334 e. The summed E-state index contributed by atoms with van der Waals surface area (Å²) in [6.45, 7) is 2.34. The summed E-state index contributed by atoms with van der Waals surface area (Å²) in [5, 5.41) is 3.82. The van der Waals surface area contributed by atoms with Gasteiger partial charge in [0.25, 0.3) is 5.89 Å². The molecule has 2 aromatic rings. The van der Waals surface area contributed by atoms with Crippen molar-refractivity contribution in [3.63, 3.8) is 0 Å². The van der Waals surface area contributed by atoms with Gasteiger partial charge in [-0.15, -0.1) is 0 Å². The third-order valence-corrected chi connectivity index (χ3v) is 3.05. The van der Waals surface area contributed by atoms with Gasteiger partial charge in [0.1, 0.15) is 5.82 Å². The smallest absolute Gasteiger partial charge is 0.258 e. The fourth-order valence-corrected chi connectivity index (χ4v) is 1.53. The summed E-state index contributed by atoms with van der Waals surface area (Å²) in [7, 11) is 0. The Balaban J connectivity index is 2.33. The number of halogens is 2. The molecule has 1 unspecified atom stereocenters. The van der Waals surface area contributed by atoms with Crippen molar-refractivity contribution in [1.29, 1.82) is 0 Å². The molecule has 90 valence electrons. The van der Waals surface area contributed by atoms with E-state index in [2.05, 4.69) is 26.1 Å². The fraction of sp³-hybridized carbons (Fsp3) is 0.273. The molecule has 0 radical (unpaired) electrons. The molecule has 1 aromatic carbocycles. The molecular formula is C11H11BrFN3O. The number of rotatable bonds is 3. The van der Waals surface area contributed by atoms with E-state index < -0.39 is 0 Å². The predicted molar refractivity (Wildman–Crippen MR) is 64.9 cm³/mol. The van der Waals surface area contributed by atoms with Crippen LogP contribution in [0.1, 0.15) is 18.7 Å². The molecule has 1 atom stereocenters. The molecule has 2 N–H and O–H groups in total. The van der Waals surface area contributed by atoms with Gasteiger partial charge in [-0.2, -0.15) is 4.98 Å². The van der Waals surface area contributed by atoms with E-state index in [1.165, 1.54) is 6.07 Å². The quantitative estimate of drug-likeness (QED) is 0.946. The van der Waals surface area contributed by atoms with Crippen molar-refractivity contribution in [3.8, 4) is 11.5 Å². The van der Waals surface area contributed by atoms with Crippen LogP contribution in [0.25, 0.3) is 11.5 Å². The summed E-state index contributed by atoms with van der Waals surface area (Å²) in [5.74, 6) is 0.486. The van der Waals surface area contributed by atoms with Gasteiger partial charge in [-0.25, -0.2) is 4.39 Å². The molecule has 0 aliphatic carbocycles. The third kappa shape index (κ3) is 2.53. The van der Waals surface area contributed by atoms with Crippen LogP contribution in [0, 0.1) is 5.82 Å². The summed E-state index contributed by atoms with van der Waals surface area (Å²) in [5.41, 5.74) is 6.06. The molecule has 0 aliphatic heterocycles. The molecule has 0 saturated heterocycles. The van der Waals surface area contributed by atoms with Crippen molar-refractivity contribution in [3.05, 3.63) is 34.3 Å². The third-order valence-electron chi connectivity index (χ3n) is 2.40. The average molecular weight is 300 g/mol. The van der Waals surface area contributed by atoms with Crippen molar-refractivity contribution in [2.45, 2.75) is 12.8 Å². The van der Waals surface area contributed by atoms with E-state index in [0.29, 0.717) is 28.3 Å². The monoisotopic (exact) mass is 299 g/mol. The van der Waals surface area contributed by atoms with Gasteiger partial charge in [-0.3, -0.25) is 0 Å². The Kier molecular flexibility index (Phi) is 3.54. The van der Waals surface area contributed by atoms with Crippen LogP contribution in [-0.2, 0) is 0 Å². The van der Waals surface area contributed by atoms with Crippen molar-refractivity contribution < 1.29 is 8.91 Å².